The summed E-state index contributed by atoms with van der Waals surface area (Å²) in [5.74, 6) is -0.944. The smallest absolute Gasteiger partial charge is 0.416 e. The minimum atomic E-state index is -4.48. The molecule has 1 heterocycles. The highest BCUT2D eigenvalue weighted by atomic mass is 35.5. The van der Waals surface area contributed by atoms with Crippen LogP contribution < -0.4 is 0 Å². The van der Waals surface area contributed by atoms with Crippen molar-refractivity contribution in [1.29, 1.82) is 0 Å². The summed E-state index contributed by atoms with van der Waals surface area (Å²) in [5, 5.41) is -0.279. The number of nitrogens with zero attached hydrogens (tertiary/aromatic N) is 1. The van der Waals surface area contributed by atoms with Crippen molar-refractivity contribution < 1.29 is 35.9 Å². The fourth-order valence-corrected chi connectivity index (χ4v) is 5.06. The van der Waals surface area contributed by atoms with Gasteiger partial charge in [-0.2, -0.15) is 17.5 Å². The average molecular weight is 498 g/mol. The van der Waals surface area contributed by atoms with Crippen molar-refractivity contribution in [3.05, 3.63) is 63.1 Å². The van der Waals surface area contributed by atoms with E-state index in [0.29, 0.717) is 5.56 Å². The highest BCUT2D eigenvalue weighted by Crippen LogP contribution is 2.32. The van der Waals surface area contributed by atoms with Gasteiger partial charge in [-0.1, -0.05) is 35.3 Å². The first-order valence-corrected chi connectivity index (χ1v) is 11.1. The lowest BCUT2D eigenvalue weighted by Gasteiger charge is -2.26. The standard InChI is InChI=1S/C19H16Cl2F3NO5S/c20-15-10-16(21)17(31(27,28)25-5-7-29-8-6-25)9-14(15)18(26)30-11-12-1-3-13(4-2-12)19(22,23)24/h1-4,9-10H,5-8,11H2. The first-order chi connectivity index (χ1) is 14.5. The van der Waals surface area contributed by atoms with Gasteiger partial charge in [-0.3, -0.25) is 0 Å². The van der Waals surface area contributed by atoms with Crippen LogP contribution >= 0.6 is 23.2 Å². The zero-order chi connectivity index (χ0) is 22.8. The molecule has 0 unspecified atom stereocenters. The zero-order valence-electron chi connectivity index (χ0n) is 15.8. The van der Waals surface area contributed by atoms with Gasteiger partial charge in [0.15, 0.2) is 0 Å². The van der Waals surface area contributed by atoms with Crippen molar-refractivity contribution in [3.8, 4) is 0 Å². The number of rotatable bonds is 5. The molecule has 0 radical (unpaired) electrons. The molecule has 2 aromatic carbocycles. The van der Waals surface area contributed by atoms with Crippen LogP contribution in [0.25, 0.3) is 0 Å². The molecule has 2 aromatic rings. The maximum absolute atomic E-state index is 12.9. The van der Waals surface area contributed by atoms with Gasteiger partial charge in [0, 0.05) is 13.1 Å². The van der Waals surface area contributed by atoms with Crippen LogP contribution in [0.1, 0.15) is 21.5 Å². The SMILES string of the molecule is O=C(OCc1ccc(C(F)(F)F)cc1)c1cc(S(=O)(=O)N2CCOCC2)c(Cl)cc1Cl. The number of ether oxygens (including phenoxy) is 2. The summed E-state index contributed by atoms with van der Waals surface area (Å²) in [7, 11) is -4.00. The van der Waals surface area contributed by atoms with Crippen molar-refractivity contribution in [1.82, 2.24) is 4.31 Å². The highest BCUT2D eigenvalue weighted by Gasteiger charge is 2.31. The van der Waals surface area contributed by atoms with Gasteiger partial charge >= 0.3 is 12.1 Å². The molecule has 0 bridgehead atoms. The van der Waals surface area contributed by atoms with Crippen LogP contribution in [0.3, 0.4) is 0 Å². The molecule has 0 atom stereocenters. The predicted octanol–water partition coefficient (Wildman–Crippen LogP) is 4.39. The van der Waals surface area contributed by atoms with Gasteiger partial charge in [-0.25, -0.2) is 13.2 Å². The number of hydrogen-bond acceptors (Lipinski definition) is 5. The molecule has 168 valence electrons. The number of halogens is 5. The summed E-state index contributed by atoms with van der Waals surface area (Å²) in [6.45, 7) is 0.393. The lowest BCUT2D eigenvalue weighted by molar-refractivity contribution is -0.137. The minimum Gasteiger partial charge on any atom is -0.457 e. The van der Waals surface area contributed by atoms with Crippen molar-refractivity contribution in [3.63, 3.8) is 0 Å². The second-order valence-electron chi connectivity index (χ2n) is 6.55. The van der Waals surface area contributed by atoms with Gasteiger partial charge in [0.1, 0.15) is 11.5 Å². The van der Waals surface area contributed by atoms with Crippen LogP contribution in [-0.2, 0) is 32.3 Å². The van der Waals surface area contributed by atoms with E-state index in [4.69, 9.17) is 32.7 Å². The van der Waals surface area contributed by atoms with E-state index in [1.165, 1.54) is 16.4 Å². The molecule has 1 saturated heterocycles. The van der Waals surface area contributed by atoms with E-state index in [2.05, 4.69) is 0 Å². The van der Waals surface area contributed by atoms with E-state index in [1.807, 2.05) is 0 Å². The molecule has 3 rings (SSSR count). The van der Waals surface area contributed by atoms with Gasteiger partial charge in [-0.05, 0) is 29.8 Å². The van der Waals surface area contributed by atoms with Crippen LogP contribution in [0, 0.1) is 0 Å². The molecular formula is C19H16Cl2F3NO5S. The molecule has 1 aliphatic heterocycles. The molecule has 0 saturated carbocycles. The van der Waals surface area contributed by atoms with Crippen molar-refractivity contribution in [2.45, 2.75) is 17.7 Å². The van der Waals surface area contributed by atoms with Gasteiger partial charge in [0.05, 0.1) is 34.4 Å². The Morgan fingerprint density at radius 2 is 1.68 bits per heavy atom. The van der Waals surface area contributed by atoms with Crippen LogP contribution in [0.4, 0.5) is 13.2 Å². The molecule has 0 N–H and O–H groups in total. The number of carbonyl (C=O) groups is 1. The maximum Gasteiger partial charge on any atom is 0.416 e. The lowest BCUT2D eigenvalue weighted by atomic mass is 10.1. The molecule has 6 nitrogen and oxygen atoms in total. The third kappa shape index (κ3) is 5.50. The molecule has 0 aromatic heterocycles. The first kappa shape index (κ1) is 23.8. The molecule has 0 amide bonds. The topological polar surface area (TPSA) is 72.9 Å². The number of esters is 1. The third-order valence-electron chi connectivity index (χ3n) is 4.48. The average Bonchev–Trinajstić information content (AvgIpc) is 2.72. The highest BCUT2D eigenvalue weighted by molar-refractivity contribution is 7.89. The van der Waals surface area contributed by atoms with Crippen LogP contribution in [0.5, 0.6) is 0 Å². The molecule has 31 heavy (non-hydrogen) atoms. The fraction of sp³-hybridized carbons (Fsp3) is 0.316. The number of sulfonamides is 1. The predicted molar refractivity (Wildman–Crippen MR) is 107 cm³/mol. The fourth-order valence-electron chi connectivity index (χ4n) is 2.83. The van der Waals surface area contributed by atoms with E-state index in [0.717, 1.165) is 24.3 Å². The van der Waals surface area contributed by atoms with E-state index < -0.39 is 27.7 Å². The Bertz CT molecular complexity index is 1070. The Labute approximate surface area is 186 Å². The Balaban J connectivity index is 1.79. The van der Waals surface area contributed by atoms with Crippen molar-refractivity contribution in [2.75, 3.05) is 26.3 Å². The van der Waals surface area contributed by atoms with E-state index in [9.17, 15) is 26.4 Å². The van der Waals surface area contributed by atoms with E-state index >= 15 is 0 Å². The third-order valence-corrected chi connectivity index (χ3v) is 7.16. The maximum atomic E-state index is 12.9. The van der Waals surface area contributed by atoms with Gasteiger partial charge in [0.2, 0.25) is 10.0 Å². The molecular weight excluding hydrogens is 482 g/mol. The van der Waals surface area contributed by atoms with Gasteiger partial charge in [0.25, 0.3) is 0 Å². The molecule has 0 spiro atoms. The molecule has 1 aliphatic rings. The van der Waals surface area contributed by atoms with E-state index in [1.54, 1.807) is 0 Å². The summed E-state index contributed by atoms with van der Waals surface area (Å²) < 4.78 is 75.1. The number of morpholine rings is 1. The molecule has 1 fully saturated rings. The first-order valence-electron chi connectivity index (χ1n) is 8.90. The second kappa shape index (κ2) is 9.33. The van der Waals surface area contributed by atoms with Crippen LogP contribution in [0.15, 0.2) is 41.3 Å². The summed E-state index contributed by atoms with van der Waals surface area (Å²) >= 11 is 12.1. The Kier molecular flexibility index (Phi) is 7.17. The number of carbonyl (C=O) groups excluding carboxylic acids is 1. The monoisotopic (exact) mass is 497 g/mol. The van der Waals surface area contributed by atoms with Gasteiger partial charge < -0.3 is 9.47 Å². The lowest BCUT2D eigenvalue weighted by Crippen LogP contribution is -2.40. The summed E-state index contributed by atoms with van der Waals surface area (Å²) in [5.41, 5.74) is -0.751. The largest absolute Gasteiger partial charge is 0.457 e. The summed E-state index contributed by atoms with van der Waals surface area (Å²) in [6, 6.07) is 6.24. The van der Waals surface area contributed by atoms with Gasteiger partial charge in [-0.15, -0.1) is 0 Å². The second-order valence-corrected chi connectivity index (χ2v) is 9.27. The number of hydrogen-bond donors (Lipinski definition) is 0. The number of benzene rings is 2. The Morgan fingerprint density at radius 3 is 2.26 bits per heavy atom. The Hall–Kier alpha value is -1.85. The molecule has 12 heteroatoms. The zero-order valence-corrected chi connectivity index (χ0v) is 18.1. The summed E-state index contributed by atoms with van der Waals surface area (Å²) in [6.07, 6.45) is -4.48. The molecule has 0 aliphatic carbocycles. The van der Waals surface area contributed by atoms with Crippen LogP contribution in [-0.4, -0.2) is 45.0 Å². The van der Waals surface area contributed by atoms with Crippen molar-refractivity contribution >= 4 is 39.2 Å². The number of alkyl halides is 3. The Morgan fingerprint density at radius 1 is 1.06 bits per heavy atom. The van der Waals surface area contributed by atoms with Crippen molar-refractivity contribution in [2.24, 2.45) is 0 Å². The normalized spacial score (nSPS) is 15.6. The van der Waals surface area contributed by atoms with Crippen LogP contribution in [0.2, 0.25) is 10.0 Å². The summed E-state index contributed by atoms with van der Waals surface area (Å²) in [4.78, 5) is 12.2. The van der Waals surface area contributed by atoms with E-state index in [-0.39, 0.29) is 53.4 Å². The minimum absolute atomic E-state index is 0.122. The quantitative estimate of drug-likeness (QED) is 0.572.